The summed E-state index contributed by atoms with van der Waals surface area (Å²) in [6.45, 7) is 4.94. The second-order valence-electron chi connectivity index (χ2n) is 8.57. The lowest BCUT2D eigenvalue weighted by Crippen LogP contribution is -2.51. The van der Waals surface area contributed by atoms with Crippen molar-refractivity contribution < 1.29 is 9.59 Å². The SMILES string of the molecule is CCCCNC(=O)[C@@H](Cc1ccccc1)N(Cc1ccccc1Cl)C(=O)Cc1ccccc1C. The van der Waals surface area contributed by atoms with Gasteiger partial charge in [-0.1, -0.05) is 97.7 Å². The maximum atomic E-state index is 13.7. The van der Waals surface area contributed by atoms with Crippen molar-refractivity contribution in [3.8, 4) is 0 Å². The molecule has 0 aliphatic rings. The van der Waals surface area contributed by atoms with Crippen LogP contribution in [0.2, 0.25) is 5.02 Å². The van der Waals surface area contributed by atoms with Crippen molar-refractivity contribution in [1.29, 1.82) is 0 Å². The number of halogens is 1. The number of amides is 2. The molecule has 0 bridgehead atoms. The molecule has 0 saturated carbocycles. The summed E-state index contributed by atoms with van der Waals surface area (Å²) in [5, 5.41) is 3.63. The fraction of sp³-hybridized carbons (Fsp3) is 0.310. The highest BCUT2D eigenvalue weighted by molar-refractivity contribution is 6.31. The van der Waals surface area contributed by atoms with Gasteiger partial charge in [-0.15, -0.1) is 0 Å². The summed E-state index contributed by atoms with van der Waals surface area (Å²) in [5.41, 5.74) is 3.84. The monoisotopic (exact) mass is 476 g/mol. The van der Waals surface area contributed by atoms with Crippen LogP contribution in [0.5, 0.6) is 0 Å². The Bertz CT molecular complexity index is 1080. The van der Waals surface area contributed by atoms with Crippen LogP contribution in [0.4, 0.5) is 0 Å². The predicted octanol–water partition coefficient (Wildman–Crippen LogP) is 5.75. The first kappa shape index (κ1) is 25.5. The molecule has 0 fully saturated rings. The van der Waals surface area contributed by atoms with Crippen molar-refractivity contribution in [3.63, 3.8) is 0 Å². The summed E-state index contributed by atoms with van der Waals surface area (Å²) in [6.07, 6.45) is 2.54. The summed E-state index contributed by atoms with van der Waals surface area (Å²) in [5.74, 6) is -0.233. The van der Waals surface area contributed by atoms with Gasteiger partial charge in [-0.05, 0) is 41.7 Å². The third kappa shape index (κ3) is 7.19. The Kier molecular flexibility index (Phi) is 9.72. The van der Waals surface area contributed by atoms with E-state index >= 15 is 0 Å². The average Bonchev–Trinajstić information content (AvgIpc) is 2.84. The summed E-state index contributed by atoms with van der Waals surface area (Å²) in [4.78, 5) is 28.9. The molecule has 0 aliphatic heterocycles. The molecule has 1 atom stereocenters. The van der Waals surface area contributed by atoms with Crippen LogP contribution in [0.25, 0.3) is 0 Å². The van der Waals surface area contributed by atoms with Gasteiger partial charge in [-0.25, -0.2) is 0 Å². The van der Waals surface area contributed by atoms with Crippen LogP contribution in [0.15, 0.2) is 78.9 Å². The van der Waals surface area contributed by atoms with Crippen molar-refractivity contribution in [2.75, 3.05) is 6.54 Å². The van der Waals surface area contributed by atoms with E-state index in [0.29, 0.717) is 18.0 Å². The molecule has 0 unspecified atom stereocenters. The van der Waals surface area contributed by atoms with E-state index in [1.54, 1.807) is 4.90 Å². The van der Waals surface area contributed by atoms with E-state index in [0.717, 1.165) is 35.1 Å². The zero-order chi connectivity index (χ0) is 24.3. The van der Waals surface area contributed by atoms with Crippen LogP contribution < -0.4 is 5.32 Å². The Balaban J connectivity index is 1.96. The average molecular weight is 477 g/mol. The predicted molar refractivity (Wildman–Crippen MR) is 139 cm³/mol. The van der Waals surface area contributed by atoms with Crippen molar-refractivity contribution in [3.05, 3.63) is 106 Å². The maximum absolute atomic E-state index is 13.7. The fourth-order valence-electron chi connectivity index (χ4n) is 3.94. The number of rotatable bonds is 11. The van der Waals surface area contributed by atoms with E-state index < -0.39 is 6.04 Å². The summed E-state index contributed by atoms with van der Waals surface area (Å²) < 4.78 is 0. The van der Waals surface area contributed by atoms with Gasteiger partial charge in [0.25, 0.3) is 0 Å². The van der Waals surface area contributed by atoms with Gasteiger partial charge in [-0.2, -0.15) is 0 Å². The molecule has 2 amide bonds. The Morgan fingerprint density at radius 2 is 1.56 bits per heavy atom. The number of unbranched alkanes of at least 4 members (excludes halogenated alkanes) is 1. The number of carbonyl (C=O) groups is 2. The van der Waals surface area contributed by atoms with Gasteiger partial charge in [0.05, 0.1) is 6.42 Å². The van der Waals surface area contributed by atoms with Gasteiger partial charge in [0.15, 0.2) is 0 Å². The minimum absolute atomic E-state index is 0.0965. The number of hydrogen-bond donors (Lipinski definition) is 1. The molecule has 1 N–H and O–H groups in total. The first-order valence-electron chi connectivity index (χ1n) is 11.9. The van der Waals surface area contributed by atoms with Crippen LogP contribution in [0.3, 0.4) is 0 Å². The van der Waals surface area contributed by atoms with Crippen LogP contribution >= 0.6 is 11.6 Å². The van der Waals surface area contributed by atoms with E-state index in [4.69, 9.17) is 11.6 Å². The molecule has 0 aromatic heterocycles. The maximum Gasteiger partial charge on any atom is 0.243 e. The molecular formula is C29H33ClN2O2. The van der Waals surface area contributed by atoms with Crippen molar-refractivity contribution in [1.82, 2.24) is 10.2 Å². The number of hydrogen-bond acceptors (Lipinski definition) is 2. The van der Waals surface area contributed by atoms with Gasteiger partial charge >= 0.3 is 0 Å². The summed E-state index contributed by atoms with van der Waals surface area (Å²) in [7, 11) is 0. The first-order valence-corrected chi connectivity index (χ1v) is 12.3. The topological polar surface area (TPSA) is 49.4 Å². The normalized spacial score (nSPS) is 11.6. The van der Waals surface area contributed by atoms with Gasteiger partial charge in [0, 0.05) is 24.5 Å². The van der Waals surface area contributed by atoms with Gasteiger partial charge in [-0.3, -0.25) is 9.59 Å². The summed E-state index contributed by atoms with van der Waals surface area (Å²) in [6, 6.07) is 24.5. The minimum atomic E-state index is -0.646. The highest BCUT2D eigenvalue weighted by atomic mass is 35.5. The molecule has 34 heavy (non-hydrogen) atoms. The summed E-state index contributed by atoms with van der Waals surface area (Å²) >= 11 is 6.47. The Labute approximate surface area is 207 Å². The Hall–Kier alpha value is -3.11. The largest absolute Gasteiger partial charge is 0.354 e. The first-order chi connectivity index (χ1) is 16.5. The molecule has 0 spiro atoms. The Morgan fingerprint density at radius 1 is 0.912 bits per heavy atom. The minimum Gasteiger partial charge on any atom is -0.354 e. The van der Waals surface area contributed by atoms with Gasteiger partial charge in [0.1, 0.15) is 6.04 Å². The van der Waals surface area contributed by atoms with Crippen molar-refractivity contribution in [2.45, 2.75) is 52.1 Å². The lowest BCUT2D eigenvalue weighted by atomic mass is 10.00. The van der Waals surface area contributed by atoms with Crippen molar-refractivity contribution in [2.24, 2.45) is 0 Å². The van der Waals surface area contributed by atoms with Crippen LogP contribution in [-0.2, 0) is 29.0 Å². The number of nitrogens with zero attached hydrogens (tertiary/aromatic N) is 1. The number of benzene rings is 3. The second-order valence-corrected chi connectivity index (χ2v) is 8.97. The molecule has 3 rings (SSSR count). The highest BCUT2D eigenvalue weighted by Gasteiger charge is 2.30. The van der Waals surface area contributed by atoms with E-state index in [1.165, 1.54) is 0 Å². The molecule has 0 radical (unpaired) electrons. The third-order valence-corrected chi connectivity index (χ3v) is 6.37. The van der Waals surface area contributed by atoms with E-state index in [9.17, 15) is 9.59 Å². The number of aryl methyl sites for hydroxylation is 1. The quantitative estimate of drug-likeness (QED) is 0.358. The number of nitrogens with one attached hydrogen (secondary N) is 1. The zero-order valence-corrected chi connectivity index (χ0v) is 20.7. The van der Waals surface area contributed by atoms with E-state index in [-0.39, 0.29) is 24.8 Å². The molecule has 5 heteroatoms. The lowest BCUT2D eigenvalue weighted by molar-refractivity contribution is -0.140. The van der Waals surface area contributed by atoms with Crippen LogP contribution in [0.1, 0.15) is 42.0 Å². The van der Waals surface area contributed by atoms with Crippen LogP contribution in [-0.4, -0.2) is 29.3 Å². The molecule has 178 valence electrons. The Morgan fingerprint density at radius 3 is 2.24 bits per heavy atom. The smallest absolute Gasteiger partial charge is 0.243 e. The second kappa shape index (κ2) is 13.0. The van der Waals surface area contributed by atoms with Crippen LogP contribution in [0, 0.1) is 6.92 Å². The molecule has 0 aliphatic carbocycles. The molecule has 3 aromatic carbocycles. The molecule has 3 aromatic rings. The van der Waals surface area contributed by atoms with Crippen molar-refractivity contribution >= 4 is 23.4 Å². The lowest BCUT2D eigenvalue weighted by Gasteiger charge is -2.32. The molecular weight excluding hydrogens is 444 g/mol. The highest BCUT2D eigenvalue weighted by Crippen LogP contribution is 2.22. The molecule has 0 heterocycles. The molecule has 0 saturated heterocycles. The van der Waals surface area contributed by atoms with E-state index in [2.05, 4.69) is 12.2 Å². The molecule has 4 nitrogen and oxygen atoms in total. The van der Waals surface area contributed by atoms with Gasteiger partial charge in [0.2, 0.25) is 11.8 Å². The van der Waals surface area contributed by atoms with E-state index in [1.807, 2.05) is 85.8 Å². The third-order valence-electron chi connectivity index (χ3n) is 6.00. The fourth-order valence-corrected chi connectivity index (χ4v) is 4.14. The zero-order valence-electron chi connectivity index (χ0n) is 20.0. The standard InChI is InChI=1S/C29H33ClN2O2/c1-3-4-18-31-29(34)27(19-23-13-6-5-7-14-23)32(21-25-16-10-11-17-26(25)30)28(33)20-24-15-9-8-12-22(24)2/h5-17,27H,3-4,18-21H2,1-2H3,(H,31,34)/t27-/m1/s1. The van der Waals surface area contributed by atoms with Gasteiger partial charge < -0.3 is 10.2 Å². The number of carbonyl (C=O) groups excluding carboxylic acids is 2.